The number of hydrogen-bond acceptors (Lipinski definition) is 4. The molecule has 0 saturated heterocycles. The van der Waals surface area contributed by atoms with Crippen molar-refractivity contribution in [1.82, 2.24) is 10.1 Å². The van der Waals surface area contributed by atoms with Crippen molar-refractivity contribution in [2.24, 2.45) is 11.8 Å². The first-order valence-electron chi connectivity index (χ1n) is 6.02. The zero-order valence-electron chi connectivity index (χ0n) is 10.3. The lowest BCUT2D eigenvalue weighted by molar-refractivity contribution is 0.120. The molecule has 0 amide bonds. The third-order valence-electron chi connectivity index (χ3n) is 3.42. The Bertz CT molecular complexity index is 352. The highest BCUT2D eigenvalue weighted by Gasteiger charge is 2.39. The molecular formula is C12H20N2O2. The quantitative estimate of drug-likeness (QED) is 0.852. The Morgan fingerprint density at radius 3 is 2.44 bits per heavy atom. The minimum atomic E-state index is -0.454. The van der Waals surface area contributed by atoms with Crippen LogP contribution in [0, 0.1) is 11.8 Å². The molecule has 4 nitrogen and oxygen atoms in total. The van der Waals surface area contributed by atoms with Crippen LogP contribution < -0.4 is 0 Å². The molecule has 1 aliphatic rings. The molecule has 0 aliphatic heterocycles. The zero-order chi connectivity index (χ0) is 11.9. The van der Waals surface area contributed by atoms with E-state index in [2.05, 4.69) is 30.9 Å². The molecule has 1 fully saturated rings. The standard InChI is InChI=1S/C12H20N2O2/c1-6(2)10(8(4)15)12-13-11(14-16-12)9-5-7(9)3/h6-10,15H,5H2,1-4H3. The first kappa shape index (κ1) is 11.6. The highest BCUT2D eigenvalue weighted by atomic mass is 16.5. The lowest BCUT2D eigenvalue weighted by Gasteiger charge is -2.19. The molecule has 16 heavy (non-hydrogen) atoms. The zero-order valence-corrected chi connectivity index (χ0v) is 10.3. The molecule has 0 radical (unpaired) electrons. The number of aliphatic hydroxyl groups excluding tert-OH is 1. The Hall–Kier alpha value is -0.900. The van der Waals surface area contributed by atoms with Crippen LogP contribution in [0.15, 0.2) is 4.52 Å². The van der Waals surface area contributed by atoms with Gasteiger partial charge in [0.1, 0.15) is 0 Å². The Labute approximate surface area is 96.1 Å². The van der Waals surface area contributed by atoms with Crippen molar-refractivity contribution in [2.45, 2.75) is 52.1 Å². The maximum absolute atomic E-state index is 9.72. The van der Waals surface area contributed by atoms with E-state index in [0.717, 1.165) is 12.2 Å². The second-order valence-corrected chi connectivity index (χ2v) is 5.32. The van der Waals surface area contributed by atoms with E-state index in [0.29, 0.717) is 23.6 Å². The van der Waals surface area contributed by atoms with Crippen LogP contribution in [0.5, 0.6) is 0 Å². The van der Waals surface area contributed by atoms with Crippen molar-refractivity contribution in [3.63, 3.8) is 0 Å². The predicted molar refractivity (Wildman–Crippen MR) is 60.1 cm³/mol. The number of hydrogen-bond donors (Lipinski definition) is 1. The minimum absolute atomic E-state index is 0.0599. The van der Waals surface area contributed by atoms with Crippen molar-refractivity contribution in [2.75, 3.05) is 0 Å². The molecule has 0 spiro atoms. The highest BCUT2D eigenvalue weighted by molar-refractivity contribution is 5.09. The highest BCUT2D eigenvalue weighted by Crippen LogP contribution is 2.45. The maximum atomic E-state index is 9.72. The van der Waals surface area contributed by atoms with Crippen LogP contribution in [-0.4, -0.2) is 21.4 Å². The first-order valence-corrected chi connectivity index (χ1v) is 6.02. The second-order valence-electron chi connectivity index (χ2n) is 5.32. The average molecular weight is 224 g/mol. The van der Waals surface area contributed by atoms with Gasteiger partial charge >= 0.3 is 0 Å². The molecule has 0 aromatic carbocycles. The Morgan fingerprint density at radius 2 is 2.00 bits per heavy atom. The van der Waals surface area contributed by atoms with Gasteiger partial charge in [0.15, 0.2) is 5.82 Å². The lowest BCUT2D eigenvalue weighted by Crippen LogP contribution is -2.20. The van der Waals surface area contributed by atoms with Gasteiger partial charge < -0.3 is 9.63 Å². The number of aliphatic hydroxyl groups is 1. The van der Waals surface area contributed by atoms with E-state index in [1.165, 1.54) is 0 Å². The summed E-state index contributed by atoms with van der Waals surface area (Å²) in [5.41, 5.74) is 0. The smallest absolute Gasteiger partial charge is 0.232 e. The van der Waals surface area contributed by atoms with Crippen LogP contribution in [0.3, 0.4) is 0 Å². The minimum Gasteiger partial charge on any atom is -0.393 e. The summed E-state index contributed by atoms with van der Waals surface area (Å²) < 4.78 is 5.28. The summed E-state index contributed by atoms with van der Waals surface area (Å²) in [6, 6.07) is 0. The van der Waals surface area contributed by atoms with Crippen LogP contribution in [0.1, 0.15) is 57.7 Å². The van der Waals surface area contributed by atoms with Crippen molar-refractivity contribution >= 4 is 0 Å². The normalized spacial score (nSPS) is 28.1. The summed E-state index contributed by atoms with van der Waals surface area (Å²) in [6.45, 7) is 8.08. The summed E-state index contributed by atoms with van der Waals surface area (Å²) in [5.74, 6) is 2.78. The van der Waals surface area contributed by atoms with Gasteiger partial charge in [0, 0.05) is 5.92 Å². The topological polar surface area (TPSA) is 59.2 Å². The maximum Gasteiger partial charge on any atom is 0.232 e. The first-order chi connectivity index (χ1) is 7.50. The van der Waals surface area contributed by atoms with Gasteiger partial charge in [-0.1, -0.05) is 25.9 Å². The molecular weight excluding hydrogens is 204 g/mol. The summed E-state index contributed by atoms with van der Waals surface area (Å²) >= 11 is 0. The fourth-order valence-corrected chi connectivity index (χ4v) is 2.26. The third-order valence-corrected chi connectivity index (χ3v) is 3.42. The molecule has 1 N–H and O–H groups in total. The second kappa shape index (κ2) is 4.17. The van der Waals surface area contributed by atoms with Crippen LogP contribution in [0.2, 0.25) is 0 Å². The van der Waals surface area contributed by atoms with E-state index < -0.39 is 6.10 Å². The Morgan fingerprint density at radius 1 is 1.38 bits per heavy atom. The third kappa shape index (κ3) is 2.12. The summed E-state index contributed by atoms with van der Waals surface area (Å²) in [6.07, 6.45) is 0.699. The van der Waals surface area contributed by atoms with Crippen molar-refractivity contribution in [3.05, 3.63) is 11.7 Å². The Balaban J connectivity index is 2.16. The van der Waals surface area contributed by atoms with Gasteiger partial charge in [0.25, 0.3) is 0 Å². The van der Waals surface area contributed by atoms with E-state index in [1.807, 2.05) is 0 Å². The molecule has 4 heteroatoms. The summed E-state index contributed by atoms with van der Waals surface area (Å²) in [7, 11) is 0. The SMILES string of the molecule is CC(C)C(c1nc(C2CC2C)no1)C(C)O. The van der Waals surface area contributed by atoms with E-state index in [1.54, 1.807) is 6.92 Å². The molecule has 4 unspecified atom stereocenters. The van der Waals surface area contributed by atoms with Gasteiger partial charge in [-0.2, -0.15) is 4.98 Å². The van der Waals surface area contributed by atoms with E-state index in [4.69, 9.17) is 4.52 Å². The monoisotopic (exact) mass is 224 g/mol. The largest absolute Gasteiger partial charge is 0.393 e. The van der Waals surface area contributed by atoms with Gasteiger partial charge in [0.2, 0.25) is 5.89 Å². The molecule has 1 aromatic rings. The Kier molecular flexibility index (Phi) is 3.02. The van der Waals surface area contributed by atoms with Crippen molar-refractivity contribution < 1.29 is 9.63 Å². The number of rotatable bonds is 4. The van der Waals surface area contributed by atoms with Crippen LogP contribution in [0.25, 0.3) is 0 Å². The van der Waals surface area contributed by atoms with Gasteiger partial charge in [-0.15, -0.1) is 0 Å². The van der Waals surface area contributed by atoms with Crippen LogP contribution in [0.4, 0.5) is 0 Å². The molecule has 4 atom stereocenters. The van der Waals surface area contributed by atoms with Crippen molar-refractivity contribution in [1.29, 1.82) is 0 Å². The average Bonchev–Trinajstić information content (AvgIpc) is 2.73. The van der Waals surface area contributed by atoms with Gasteiger partial charge in [-0.3, -0.25) is 0 Å². The van der Waals surface area contributed by atoms with E-state index in [9.17, 15) is 5.11 Å². The molecule has 0 bridgehead atoms. The summed E-state index contributed by atoms with van der Waals surface area (Å²) in [5, 5.41) is 13.7. The predicted octanol–water partition coefficient (Wildman–Crippen LogP) is 2.31. The lowest BCUT2D eigenvalue weighted by atomic mass is 9.91. The van der Waals surface area contributed by atoms with Crippen LogP contribution >= 0.6 is 0 Å². The van der Waals surface area contributed by atoms with E-state index >= 15 is 0 Å². The molecule has 90 valence electrons. The number of aromatic nitrogens is 2. The molecule has 2 rings (SSSR count). The molecule has 1 aliphatic carbocycles. The fraction of sp³-hybridized carbons (Fsp3) is 0.833. The molecule has 1 heterocycles. The molecule has 1 saturated carbocycles. The molecule has 1 aromatic heterocycles. The van der Waals surface area contributed by atoms with Crippen LogP contribution in [-0.2, 0) is 0 Å². The van der Waals surface area contributed by atoms with E-state index in [-0.39, 0.29) is 5.92 Å². The summed E-state index contributed by atoms with van der Waals surface area (Å²) in [4.78, 5) is 4.43. The van der Waals surface area contributed by atoms with Gasteiger partial charge in [-0.05, 0) is 25.2 Å². The number of nitrogens with zero attached hydrogens (tertiary/aromatic N) is 2. The van der Waals surface area contributed by atoms with Crippen molar-refractivity contribution in [3.8, 4) is 0 Å². The van der Waals surface area contributed by atoms with Gasteiger partial charge in [-0.25, -0.2) is 0 Å². The fourth-order valence-electron chi connectivity index (χ4n) is 2.26. The van der Waals surface area contributed by atoms with Gasteiger partial charge in [0.05, 0.1) is 12.0 Å².